The fourth-order valence-corrected chi connectivity index (χ4v) is 4.18. The van der Waals surface area contributed by atoms with E-state index in [0.29, 0.717) is 24.4 Å². The lowest BCUT2D eigenvalue weighted by atomic mass is 9.98. The number of carbonyl (C=O) groups excluding carboxylic acids is 1. The molecule has 4 rings (SSSR count). The van der Waals surface area contributed by atoms with Crippen molar-refractivity contribution in [1.82, 2.24) is 9.88 Å². The molecule has 1 fully saturated rings. The average molecular weight is 396 g/mol. The Kier molecular flexibility index (Phi) is 5.60. The van der Waals surface area contributed by atoms with Crippen LogP contribution in [0.2, 0.25) is 0 Å². The van der Waals surface area contributed by atoms with E-state index in [1.165, 1.54) is 18.4 Å². The largest absolute Gasteiger partial charge is 0.493 e. The highest BCUT2D eigenvalue weighted by Gasteiger charge is 2.24. The summed E-state index contributed by atoms with van der Waals surface area (Å²) in [6.07, 6.45) is 4.92. The molecule has 0 atom stereocenters. The fourth-order valence-electron chi connectivity index (χ4n) is 4.18. The van der Waals surface area contributed by atoms with Gasteiger partial charge < -0.3 is 19.3 Å². The van der Waals surface area contributed by atoms with E-state index in [2.05, 4.69) is 16.8 Å². The van der Waals surface area contributed by atoms with Crippen LogP contribution in [-0.2, 0) is 13.0 Å². The quantitative estimate of drug-likeness (QED) is 0.793. The Morgan fingerprint density at radius 2 is 1.72 bits per heavy atom. The molecule has 0 unspecified atom stereocenters. The van der Waals surface area contributed by atoms with Gasteiger partial charge in [0.1, 0.15) is 5.82 Å². The molecular weight excluding hydrogens is 366 g/mol. The number of amides is 1. The van der Waals surface area contributed by atoms with Crippen molar-refractivity contribution in [3.63, 3.8) is 0 Å². The zero-order chi connectivity index (χ0) is 20.4. The van der Waals surface area contributed by atoms with Crippen LogP contribution in [0.4, 0.5) is 5.82 Å². The average Bonchev–Trinajstić information content (AvgIpc) is 2.78. The van der Waals surface area contributed by atoms with Crippen LogP contribution in [0.15, 0.2) is 30.5 Å². The lowest BCUT2D eigenvalue weighted by Crippen LogP contribution is -2.36. The van der Waals surface area contributed by atoms with Crippen molar-refractivity contribution in [3.8, 4) is 11.5 Å². The van der Waals surface area contributed by atoms with E-state index in [0.717, 1.165) is 42.6 Å². The first kappa shape index (κ1) is 19.6. The molecule has 1 aromatic heterocycles. The number of hydrogen-bond donors (Lipinski definition) is 0. The van der Waals surface area contributed by atoms with Crippen molar-refractivity contribution in [2.45, 2.75) is 32.7 Å². The van der Waals surface area contributed by atoms with Gasteiger partial charge in [0, 0.05) is 32.4 Å². The van der Waals surface area contributed by atoms with Gasteiger partial charge in [0.05, 0.1) is 19.8 Å². The molecular formula is C23H29N3O3. The van der Waals surface area contributed by atoms with Gasteiger partial charge in [-0.3, -0.25) is 4.79 Å². The molecule has 2 aromatic rings. The molecule has 2 aliphatic heterocycles. The Morgan fingerprint density at radius 1 is 1.03 bits per heavy atom. The first-order chi connectivity index (χ1) is 14.1. The third-order valence-corrected chi connectivity index (χ3v) is 6.11. The summed E-state index contributed by atoms with van der Waals surface area (Å²) in [6, 6.07) is 7.89. The van der Waals surface area contributed by atoms with Crippen molar-refractivity contribution < 1.29 is 14.3 Å². The molecule has 1 amide bonds. The van der Waals surface area contributed by atoms with Gasteiger partial charge in [0.15, 0.2) is 11.5 Å². The summed E-state index contributed by atoms with van der Waals surface area (Å²) in [6.45, 7) is 5.63. The standard InChI is InChI=1S/C23H29N3O3/c1-16-6-9-25(10-7-16)22-5-4-18(14-24-22)23(27)26-11-8-17-12-20(28-2)21(29-3)13-19(17)15-26/h4-5,12-14,16H,6-11,15H2,1-3H3. The molecule has 6 nitrogen and oxygen atoms in total. The highest BCUT2D eigenvalue weighted by atomic mass is 16.5. The Labute approximate surface area is 172 Å². The summed E-state index contributed by atoms with van der Waals surface area (Å²) in [5.41, 5.74) is 2.96. The second-order valence-corrected chi connectivity index (χ2v) is 8.03. The second-order valence-electron chi connectivity index (χ2n) is 8.03. The number of hydrogen-bond acceptors (Lipinski definition) is 5. The molecule has 6 heteroatoms. The van der Waals surface area contributed by atoms with E-state index < -0.39 is 0 Å². The summed E-state index contributed by atoms with van der Waals surface area (Å²) in [7, 11) is 3.27. The minimum absolute atomic E-state index is 0.0248. The Hall–Kier alpha value is -2.76. The summed E-state index contributed by atoms with van der Waals surface area (Å²) in [5.74, 6) is 3.21. The maximum absolute atomic E-state index is 13.0. The summed E-state index contributed by atoms with van der Waals surface area (Å²) in [5, 5.41) is 0. The molecule has 3 heterocycles. The van der Waals surface area contributed by atoms with Crippen LogP contribution in [0, 0.1) is 5.92 Å². The molecule has 0 radical (unpaired) electrons. The topological polar surface area (TPSA) is 54.9 Å². The number of aromatic nitrogens is 1. The number of pyridine rings is 1. The van der Waals surface area contributed by atoms with E-state index in [4.69, 9.17) is 9.47 Å². The van der Waals surface area contributed by atoms with Crippen LogP contribution in [0.3, 0.4) is 0 Å². The van der Waals surface area contributed by atoms with Crippen LogP contribution < -0.4 is 14.4 Å². The fraction of sp³-hybridized carbons (Fsp3) is 0.478. The summed E-state index contributed by atoms with van der Waals surface area (Å²) >= 11 is 0. The molecule has 2 aliphatic rings. The Morgan fingerprint density at radius 3 is 2.34 bits per heavy atom. The Balaban J connectivity index is 1.46. The van der Waals surface area contributed by atoms with Gasteiger partial charge in [-0.2, -0.15) is 0 Å². The first-order valence-corrected chi connectivity index (χ1v) is 10.3. The SMILES string of the molecule is COc1cc2c(cc1OC)CN(C(=O)c1ccc(N3CCC(C)CC3)nc1)CC2. The van der Waals surface area contributed by atoms with Crippen LogP contribution in [0.5, 0.6) is 11.5 Å². The van der Waals surface area contributed by atoms with E-state index in [1.54, 1.807) is 20.4 Å². The normalized spacial score (nSPS) is 17.1. The summed E-state index contributed by atoms with van der Waals surface area (Å²) < 4.78 is 10.8. The molecule has 154 valence electrons. The Bertz CT molecular complexity index is 874. The maximum atomic E-state index is 13.0. The third kappa shape index (κ3) is 4.02. The second kappa shape index (κ2) is 8.31. The maximum Gasteiger partial charge on any atom is 0.255 e. The lowest BCUT2D eigenvalue weighted by molar-refractivity contribution is 0.0734. The number of anilines is 1. The molecule has 0 saturated carbocycles. The summed E-state index contributed by atoms with van der Waals surface area (Å²) in [4.78, 5) is 21.8. The van der Waals surface area contributed by atoms with E-state index in [-0.39, 0.29) is 5.91 Å². The van der Waals surface area contributed by atoms with Crippen molar-refractivity contribution in [1.29, 1.82) is 0 Å². The van der Waals surface area contributed by atoms with Crippen molar-refractivity contribution in [2.75, 3.05) is 38.8 Å². The van der Waals surface area contributed by atoms with Gasteiger partial charge in [-0.1, -0.05) is 6.92 Å². The molecule has 0 spiro atoms. The van der Waals surface area contributed by atoms with Crippen LogP contribution in [0.1, 0.15) is 41.3 Å². The first-order valence-electron chi connectivity index (χ1n) is 10.3. The number of rotatable bonds is 4. The number of carbonyl (C=O) groups is 1. The predicted octanol–water partition coefficient (Wildman–Crippen LogP) is 3.53. The van der Waals surface area contributed by atoms with Crippen LogP contribution in [-0.4, -0.2) is 49.6 Å². The zero-order valence-corrected chi connectivity index (χ0v) is 17.5. The van der Waals surface area contributed by atoms with Gasteiger partial charge in [0.25, 0.3) is 5.91 Å². The monoisotopic (exact) mass is 395 g/mol. The molecule has 0 bridgehead atoms. The molecule has 0 aliphatic carbocycles. The van der Waals surface area contributed by atoms with Gasteiger partial charge in [0.2, 0.25) is 0 Å². The number of nitrogens with zero attached hydrogens (tertiary/aromatic N) is 3. The van der Waals surface area contributed by atoms with E-state index >= 15 is 0 Å². The lowest BCUT2D eigenvalue weighted by Gasteiger charge is -2.31. The smallest absolute Gasteiger partial charge is 0.255 e. The van der Waals surface area contributed by atoms with Crippen molar-refractivity contribution in [2.24, 2.45) is 5.92 Å². The van der Waals surface area contributed by atoms with Crippen molar-refractivity contribution in [3.05, 3.63) is 47.2 Å². The van der Waals surface area contributed by atoms with Gasteiger partial charge in [-0.15, -0.1) is 0 Å². The number of piperidine rings is 1. The van der Waals surface area contributed by atoms with E-state index in [1.807, 2.05) is 29.2 Å². The molecule has 0 N–H and O–H groups in total. The molecule has 1 saturated heterocycles. The van der Waals surface area contributed by atoms with Crippen molar-refractivity contribution >= 4 is 11.7 Å². The zero-order valence-electron chi connectivity index (χ0n) is 17.5. The third-order valence-electron chi connectivity index (χ3n) is 6.11. The predicted molar refractivity (Wildman–Crippen MR) is 113 cm³/mol. The van der Waals surface area contributed by atoms with E-state index in [9.17, 15) is 4.79 Å². The number of benzene rings is 1. The minimum Gasteiger partial charge on any atom is -0.493 e. The minimum atomic E-state index is 0.0248. The van der Waals surface area contributed by atoms with Crippen LogP contribution in [0.25, 0.3) is 0 Å². The van der Waals surface area contributed by atoms with Gasteiger partial charge in [-0.05, 0) is 60.6 Å². The highest BCUT2D eigenvalue weighted by molar-refractivity contribution is 5.94. The highest BCUT2D eigenvalue weighted by Crippen LogP contribution is 2.33. The van der Waals surface area contributed by atoms with Gasteiger partial charge >= 0.3 is 0 Å². The molecule has 29 heavy (non-hydrogen) atoms. The molecule has 1 aromatic carbocycles. The number of methoxy groups -OCH3 is 2. The number of ether oxygens (including phenoxy) is 2. The number of fused-ring (bicyclic) bond motifs is 1. The van der Waals surface area contributed by atoms with Gasteiger partial charge in [-0.25, -0.2) is 4.98 Å². The van der Waals surface area contributed by atoms with Crippen LogP contribution >= 0.6 is 0 Å².